The maximum Gasteiger partial charge on any atom is 0.306 e. The number of hydrogen-bond acceptors (Lipinski definition) is 3. The molecule has 0 bridgehead atoms. The highest BCUT2D eigenvalue weighted by molar-refractivity contribution is 5.78. The molecule has 0 aliphatic rings. The van der Waals surface area contributed by atoms with Crippen LogP contribution in [0.1, 0.15) is 45.4 Å². The van der Waals surface area contributed by atoms with Gasteiger partial charge in [0.2, 0.25) is 0 Å². The van der Waals surface area contributed by atoms with Crippen LogP contribution in [0.3, 0.4) is 0 Å². The Morgan fingerprint density at radius 2 is 1.79 bits per heavy atom. The lowest BCUT2D eigenvalue weighted by Crippen LogP contribution is -2.20. The Morgan fingerprint density at radius 1 is 1.14 bits per heavy atom. The molecule has 0 aromatic heterocycles. The molecule has 0 aliphatic carbocycles. The minimum absolute atomic E-state index is 0.298. The van der Waals surface area contributed by atoms with E-state index < -0.39 is 5.91 Å². The van der Waals surface area contributed by atoms with Crippen molar-refractivity contribution in [3.8, 4) is 0 Å². The van der Waals surface area contributed by atoms with Crippen LogP contribution in [0.25, 0.3) is 0 Å². The van der Waals surface area contributed by atoms with Gasteiger partial charge in [-0.1, -0.05) is 32.6 Å². The maximum absolute atomic E-state index is 11.0. The van der Waals surface area contributed by atoms with Crippen molar-refractivity contribution in [2.24, 2.45) is 5.73 Å². The smallest absolute Gasteiger partial charge is 0.306 e. The first-order chi connectivity index (χ1) is 6.66. The number of unbranched alkanes of at least 4 members (excludes halogenated alkanes) is 4. The molecule has 0 saturated carbocycles. The van der Waals surface area contributed by atoms with Crippen molar-refractivity contribution in [1.29, 1.82) is 0 Å². The first kappa shape index (κ1) is 12.9. The quantitative estimate of drug-likeness (QED) is 0.476. The molecule has 0 aromatic rings. The first-order valence-corrected chi connectivity index (χ1v) is 5.10. The van der Waals surface area contributed by atoms with E-state index in [1.807, 2.05) is 0 Å². The summed E-state index contributed by atoms with van der Waals surface area (Å²) in [5.74, 6) is -0.940. The summed E-state index contributed by atoms with van der Waals surface area (Å²) in [4.78, 5) is 21.2. The third-order valence-corrected chi connectivity index (χ3v) is 1.86. The van der Waals surface area contributed by atoms with Gasteiger partial charge < -0.3 is 10.5 Å². The lowest BCUT2D eigenvalue weighted by atomic mass is 10.1. The molecule has 0 aromatic carbocycles. The van der Waals surface area contributed by atoms with E-state index in [1.54, 1.807) is 0 Å². The molecule has 2 N–H and O–H groups in total. The van der Waals surface area contributed by atoms with Crippen LogP contribution in [-0.2, 0) is 14.3 Å². The summed E-state index contributed by atoms with van der Waals surface area (Å²) in [6.45, 7) is 1.84. The highest BCUT2D eigenvalue weighted by Crippen LogP contribution is 2.05. The predicted octanol–water partition coefficient (Wildman–Crippen LogP) is 1.38. The highest BCUT2D eigenvalue weighted by Gasteiger charge is 2.03. The normalized spacial score (nSPS) is 9.79. The van der Waals surface area contributed by atoms with E-state index >= 15 is 0 Å². The Balaban J connectivity index is 3.22. The van der Waals surface area contributed by atoms with Gasteiger partial charge in [-0.05, 0) is 6.42 Å². The van der Waals surface area contributed by atoms with Gasteiger partial charge in [0.25, 0.3) is 5.91 Å². The van der Waals surface area contributed by atoms with Crippen molar-refractivity contribution in [3.05, 3.63) is 0 Å². The molecule has 1 amide bonds. The summed E-state index contributed by atoms with van der Waals surface area (Å²) < 4.78 is 4.60. The number of ether oxygens (including phenoxy) is 1. The van der Waals surface area contributed by atoms with Crippen molar-refractivity contribution in [2.75, 3.05) is 6.61 Å². The van der Waals surface area contributed by atoms with E-state index in [-0.39, 0.29) is 12.6 Å². The number of hydrogen-bond donors (Lipinski definition) is 1. The van der Waals surface area contributed by atoms with E-state index in [0.29, 0.717) is 6.42 Å². The van der Waals surface area contributed by atoms with Crippen LogP contribution in [0, 0.1) is 0 Å². The SMILES string of the molecule is CCCCCCCC(=O)OCC(N)=O. The summed E-state index contributed by atoms with van der Waals surface area (Å²) in [6, 6.07) is 0. The van der Waals surface area contributed by atoms with Crippen LogP contribution in [0.5, 0.6) is 0 Å². The Bertz CT molecular complexity index is 180. The molecule has 0 saturated heterocycles. The molecule has 4 nitrogen and oxygen atoms in total. The van der Waals surface area contributed by atoms with Gasteiger partial charge in [-0.25, -0.2) is 0 Å². The zero-order valence-electron chi connectivity index (χ0n) is 8.75. The summed E-state index contributed by atoms with van der Waals surface area (Å²) in [7, 11) is 0. The van der Waals surface area contributed by atoms with Gasteiger partial charge in [-0.3, -0.25) is 9.59 Å². The second kappa shape index (κ2) is 8.53. The van der Waals surface area contributed by atoms with Gasteiger partial charge in [0.05, 0.1) is 0 Å². The number of rotatable bonds is 8. The second-order valence-electron chi connectivity index (χ2n) is 3.29. The molecule has 0 spiro atoms. The lowest BCUT2D eigenvalue weighted by molar-refractivity contribution is -0.147. The first-order valence-electron chi connectivity index (χ1n) is 5.10. The average molecular weight is 201 g/mol. The minimum Gasteiger partial charge on any atom is -0.456 e. The molecular weight excluding hydrogens is 182 g/mol. The van der Waals surface area contributed by atoms with E-state index in [0.717, 1.165) is 19.3 Å². The molecule has 0 aliphatic heterocycles. The lowest BCUT2D eigenvalue weighted by Gasteiger charge is -2.01. The summed E-state index contributed by atoms with van der Waals surface area (Å²) >= 11 is 0. The summed E-state index contributed by atoms with van der Waals surface area (Å²) in [5, 5.41) is 0. The topological polar surface area (TPSA) is 69.4 Å². The van der Waals surface area contributed by atoms with Crippen LogP contribution < -0.4 is 5.73 Å². The number of carbonyl (C=O) groups excluding carboxylic acids is 2. The Hall–Kier alpha value is -1.06. The summed E-state index contributed by atoms with van der Waals surface area (Å²) in [5.41, 5.74) is 4.82. The van der Waals surface area contributed by atoms with Crippen molar-refractivity contribution in [3.63, 3.8) is 0 Å². The molecule has 82 valence electrons. The fourth-order valence-corrected chi connectivity index (χ4v) is 1.10. The molecule has 0 unspecified atom stereocenters. The molecule has 14 heavy (non-hydrogen) atoms. The number of esters is 1. The third kappa shape index (κ3) is 9.03. The summed E-state index contributed by atoms with van der Waals surface area (Å²) in [6.07, 6.45) is 5.80. The predicted molar refractivity (Wildman–Crippen MR) is 53.5 cm³/mol. The van der Waals surface area contributed by atoms with Crippen molar-refractivity contribution in [1.82, 2.24) is 0 Å². The second-order valence-corrected chi connectivity index (χ2v) is 3.29. The molecule has 0 radical (unpaired) electrons. The van der Waals surface area contributed by atoms with E-state index in [9.17, 15) is 9.59 Å². The molecule has 0 rings (SSSR count). The standard InChI is InChI=1S/C10H19NO3/c1-2-3-4-5-6-7-10(13)14-8-9(11)12/h2-8H2,1H3,(H2,11,12). The fourth-order valence-electron chi connectivity index (χ4n) is 1.10. The largest absolute Gasteiger partial charge is 0.456 e. The van der Waals surface area contributed by atoms with Gasteiger partial charge in [0.15, 0.2) is 6.61 Å². The Morgan fingerprint density at radius 3 is 2.36 bits per heavy atom. The van der Waals surface area contributed by atoms with Crippen LogP contribution in [0.15, 0.2) is 0 Å². The maximum atomic E-state index is 11.0. The molecule has 4 heteroatoms. The Kier molecular flexibility index (Phi) is 7.89. The van der Waals surface area contributed by atoms with Crippen molar-refractivity contribution < 1.29 is 14.3 Å². The monoisotopic (exact) mass is 201 g/mol. The fraction of sp³-hybridized carbons (Fsp3) is 0.800. The molecular formula is C10H19NO3. The van der Waals surface area contributed by atoms with E-state index in [2.05, 4.69) is 11.7 Å². The zero-order valence-corrected chi connectivity index (χ0v) is 8.75. The number of primary amides is 1. The number of carbonyl (C=O) groups is 2. The third-order valence-electron chi connectivity index (χ3n) is 1.86. The molecule has 0 heterocycles. The van der Waals surface area contributed by atoms with Gasteiger partial charge in [0, 0.05) is 6.42 Å². The van der Waals surface area contributed by atoms with Gasteiger partial charge in [0.1, 0.15) is 0 Å². The van der Waals surface area contributed by atoms with Crippen LogP contribution in [0.2, 0.25) is 0 Å². The molecule has 0 atom stereocenters. The average Bonchev–Trinajstić information content (AvgIpc) is 2.14. The minimum atomic E-state index is -0.607. The van der Waals surface area contributed by atoms with Crippen LogP contribution in [-0.4, -0.2) is 18.5 Å². The van der Waals surface area contributed by atoms with E-state index in [1.165, 1.54) is 12.8 Å². The van der Waals surface area contributed by atoms with Gasteiger partial charge >= 0.3 is 5.97 Å². The van der Waals surface area contributed by atoms with Crippen LogP contribution >= 0.6 is 0 Å². The van der Waals surface area contributed by atoms with Crippen molar-refractivity contribution >= 4 is 11.9 Å². The van der Waals surface area contributed by atoms with Gasteiger partial charge in [-0.15, -0.1) is 0 Å². The Labute approximate surface area is 84.8 Å². The number of amides is 1. The number of nitrogens with two attached hydrogens (primary N) is 1. The van der Waals surface area contributed by atoms with Crippen LogP contribution in [0.4, 0.5) is 0 Å². The van der Waals surface area contributed by atoms with Crippen molar-refractivity contribution in [2.45, 2.75) is 45.4 Å². The highest BCUT2D eigenvalue weighted by atomic mass is 16.5. The van der Waals surface area contributed by atoms with E-state index in [4.69, 9.17) is 5.73 Å². The zero-order chi connectivity index (χ0) is 10.8. The molecule has 0 fully saturated rings. The van der Waals surface area contributed by atoms with Gasteiger partial charge in [-0.2, -0.15) is 0 Å².